The van der Waals surface area contributed by atoms with E-state index in [0.29, 0.717) is 10.9 Å². The molecular formula is C13H20N4OS. The Morgan fingerprint density at radius 1 is 1.37 bits per heavy atom. The highest BCUT2D eigenvalue weighted by Crippen LogP contribution is 2.20. The minimum Gasteiger partial charge on any atom is -0.376 e. The molecule has 0 aromatic carbocycles. The number of hydrogen-bond acceptors (Lipinski definition) is 5. The second kappa shape index (κ2) is 5.98. The second-order valence-corrected chi connectivity index (χ2v) is 5.50. The Balaban J connectivity index is 1.79. The second-order valence-electron chi connectivity index (χ2n) is 5.11. The van der Waals surface area contributed by atoms with Gasteiger partial charge in [-0.1, -0.05) is 0 Å². The molecule has 1 aromatic heterocycles. The van der Waals surface area contributed by atoms with Crippen molar-refractivity contribution in [1.82, 2.24) is 15.3 Å². The molecule has 3 rings (SSSR count). The fourth-order valence-electron chi connectivity index (χ4n) is 2.74. The zero-order chi connectivity index (χ0) is 13.1. The van der Waals surface area contributed by atoms with Gasteiger partial charge in [-0.25, -0.2) is 4.98 Å². The maximum atomic E-state index is 5.64. The first-order chi connectivity index (χ1) is 9.33. The Hall–Kier alpha value is -0.980. The van der Waals surface area contributed by atoms with Crippen LogP contribution < -0.4 is 10.6 Å². The summed E-state index contributed by atoms with van der Waals surface area (Å²) in [7, 11) is 0. The van der Waals surface area contributed by atoms with Crippen LogP contribution in [0.25, 0.3) is 0 Å². The highest BCUT2D eigenvalue weighted by molar-refractivity contribution is 7.71. The van der Waals surface area contributed by atoms with Gasteiger partial charge in [-0.3, -0.25) is 0 Å². The Morgan fingerprint density at radius 2 is 2.26 bits per heavy atom. The lowest BCUT2D eigenvalue weighted by atomic mass is 10.1. The lowest BCUT2D eigenvalue weighted by Gasteiger charge is -2.15. The standard InChI is InChI=1S/C13H20N4OS/c19-13-16-11-4-6-14-5-3-10(11)12(17-13)15-8-9-2-1-7-18-9/h9,14H,1-8H2,(H2,15,16,17,19). The van der Waals surface area contributed by atoms with Gasteiger partial charge in [0.15, 0.2) is 4.77 Å². The van der Waals surface area contributed by atoms with E-state index in [1.54, 1.807) is 0 Å². The molecule has 2 aliphatic heterocycles. The van der Waals surface area contributed by atoms with Gasteiger partial charge in [0.25, 0.3) is 0 Å². The maximum Gasteiger partial charge on any atom is 0.198 e. The summed E-state index contributed by atoms with van der Waals surface area (Å²) < 4.78 is 6.20. The molecule has 1 unspecified atom stereocenters. The van der Waals surface area contributed by atoms with Gasteiger partial charge in [0.1, 0.15) is 5.82 Å². The van der Waals surface area contributed by atoms with E-state index in [0.717, 1.165) is 57.7 Å². The van der Waals surface area contributed by atoms with E-state index in [1.165, 1.54) is 11.3 Å². The van der Waals surface area contributed by atoms with Crippen LogP contribution in [0, 0.1) is 4.77 Å². The summed E-state index contributed by atoms with van der Waals surface area (Å²) >= 11 is 5.22. The van der Waals surface area contributed by atoms with E-state index >= 15 is 0 Å². The molecule has 1 aromatic rings. The Labute approximate surface area is 118 Å². The first-order valence-corrected chi connectivity index (χ1v) is 7.42. The van der Waals surface area contributed by atoms with Gasteiger partial charge in [-0.2, -0.15) is 0 Å². The molecule has 104 valence electrons. The highest BCUT2D eigenvalue weighted by Gasteiger charge is 2.18. The predicted molar refractivity (Wildman–Crippen MR) is 77.2 cm³/mol. The van der Waals surface area contributed by atoms with Crippen LogP contribution in [0.3, 0.4) is 0 Å². The summed E-state index contributed by atoms with van der Waals surface area (Å²) in [6, 6.07) is 0. The van der Waals surface area contributed by atoms with E-state index in [-0.39, 0.29) is 0 Å². The minimum atomic E-state index is 0.319. The number of rotatable bonds is 3. The molecule has 6 heteroatoms. The Morgan fingerprint density at radius 3 is 3.11 bits per heavy atom. The maximum absolute atomic E-state index is 5.64. The van der Waals surface area contributed by atoms with Crippen molar-refractivity contribution < 1.29 is 4.74 Å². The van der Waals surface area contributed by atoms with Crippen molar-refractivity contribution in [1.29, 1.82) is 0 Å². The number of H-pyrrole nitrogens is 1. The monoisotopic (exact) mass is 280 g/mol. The highest BCUT2D eigenvalue weighted by atomic mass is 32.1. The van der Waals surface area contributed by atoms with Gasteiger partial charge in [0.05, 0.1) is 6.10 Å². The van der Waals surface area contributed by atoms with E-state index in [2.05, 4.69) is 20.6 Å². The van der Waals surface area contributed by atoms with Crippen LogP contribution >= 0.6 is 12.2 Å². The number of aromatic amines is 1. The van der Waals surface area contributed by atoms with E-state index < -0.39 is 0 Å². The summed E-state index contributed by atoms with van der Waals surface area (Å²) in [5.74, 6) is 0.943. The van der Waals surface area contributed by atoms with Gasteiger partial charge in [-0.05, 0) is 38.0 Å². The van der Waals surface area contributed by atoms with Crippen molar-refractivity contribution in [3.8, 4) is 0 Å². The molecule has 3 heterocycles. The number of hydrogen-bond donors (Lipinski definition) is 3. The summed E-state index contributed by atoms with van der Waals surface area (Å²) in [5, 5.41) is 6.84. The molecule has 1 fully saturated rings. The van der Waals surface area contributed by atoms with Crippen molar-refractivity contribution in [2.24, 2.45) is 0 Å². The fourth-order valence-corrected chi connectivity index (χ4v) is 2.96. The van der Waals surface area contributed by atoms with Crippen molar-refractivity contribution in [2.45, 2.75) is 31.8 Å². The Kier molecular flexibility index (Phi) is 4.10. The average Bonchev–Trinajstić information content (AvgIpc) is 2.80. The number of ether oxygens (including phenoxy) is 1. The molecule has 1 saturated heterocycles. The molecule has 0 saturated carbocycles. The van der Waals surface area contributed by atoms with Crippen molar-refractivity contribution >= 4 is 18.0 Å². The van der Waals surface area contributed by atoms with Gasteiger partial charge in [0, 0.05) is 37.4 Å². The van der Waals surface area contributed by atoms with Crippen LogP contribution in [0.4, 0.5) is 5.82 Å². The molecule has 2 aliphatic rings. The third kappa shape index (κ3) is 3.13. The minimum absolute atomic E-state index is 0.319. The van der Waals surface area contributed by atoms with E-state index in [1.807, 2.05) is 0 Å². The third-order valence-corrected chi connectivity index (χ3v) is 3.94. The van der Waals surface area contributed by atoms with Gasteiger partial charge >= 0.3 is 0 Å². The number of aromatic nitrogens is 2. The number of nitrogens with one attached hydrogen (secondary N) is 3. The van der Waals surface area contributed by atoms with Crippen molar-refractivity contribution in [3.63, 3.8) is 0 Å². The molecule has 0 bridgehead atoms. The molecule has 0 radical (unpaired) electrons. The number of nitrogens with zero attached hydrogens (tertiary/aromatic N) is 1. The molecule has 0 spiro atoms. The fraction of sp³-hybridized carbons (Fsp3) is 0.692. The SMILES string of the molecule is S=c1nc(NCC2CCCO2)c2c([nH]1)CCNCC2. The first-order valence-electron chi connectivity index (χ1n) is 7.01. The third-order valence-electron chi connectivity index (χ3n) is 3.75. The molecule has 3 N–H and O–H groups in total. The molecular weight excluding hydrogens is 260 g/mol. The zero-order valence-electron chi connectivity index (χ0n) is 11.0. The first kappa shape index (κ1) is 13.0. The van der Waals surface area contributed by atoms with Gasteiger partial charge in [0.2, 0.25) is 0 Å². The normalized spacial score (nSPS) is 22.8. The van der Waals surface area contributed by atoms with Crippen LogP contribution in [0.2, 0.25) is 0 Å². The quantitative estimate of drug-likeness (QED) is 0.731. The predicted octanol–water partition coefficient (Wildman–Crippen LogP) is 1.42. The van der Waals surface area contributed by atoms with Crippen LogP contribution in [0.1, 0.15) is 24.1 Å². The molecule has 1 atom stereocenters. The lowest BCUT2D eigenvalue weighted by molar-refractivity contribution is 0.120. The number of anilines is 1. The van der Waals surface area contributed by atoms with Crippen LogP contribution in [-0.4, -0.2) is 42.3 Å². The lowest BCUT2D eigenvalue weighted by Crippen LogP contribution is -2.20. The molecule has 0 amide bonds. The van der Waals surface area contributed by atoms with Crippen molar-refractivity contribution in [2.75, 3.05) is 31.6 Å². The summed E-state index contributed by atoms with van der Waals surface area (Å²) in [5.41, 5.74) is 2.50. The smallest absolute Gasteiger partial charge is 0.198 e. The largest absolute Gasteiger partial charge is 0.376 e. The van der Waals surface area contributed by atoms with Crippen LogP contribution in [0.15, 0.2) is 0 Å². The van der Waals surface area contributed by atoms with E-state index in [4.69, 9.17) is 17.0 Å². The van der Waals surface area contributed by atoms with Gasteiger partial charge in [-0.15, -0.1) is 0 Å². The van der Waals surface area contributed by atoms with E-state index in [9.17, 15) is 0 Å². The molecule has 5 nitrogen and oxygen atoms in total. The topological polar surface area (TPSA) is 62.0 Å². The van der Waals surface area contributed by atoms with Crippen LogP contribution in [-0.2, 0) is 17.6 Å². The van der Waals surface area contributed by atoms with Gasteiger partial charge < -0.3 is 20.4 Å². The summed E-state index contributed by atoms with van der Waals surface area (Å²) in [6.45, 7) is 3.70. The molecule has 0 aliphatic carbocycles. The van der Waals surface area contributed by atoms with Crippen molar-refractivity contribution in [3.05, 3.63) is 16.0 Å². The summed E-state index contributed by atoms with van der Waals surface area (Å²) in [6.07, 6.45) is 4.59. The summed E-state index contributed by atoms with van der Waals surface area (Å²) in [4.78, 5) is 7.68. The Bertz CT molecular complexity index is 496. The number of fused-ring (bicyclic) bond motifs is 1. The molecule has 19 heavy (non-hydrogen) atoms. The van der Waals surface area contributed by atoms with Crippen LogP contribution in [0.5, 0.6) is 0 Å². The zero-order valence-corrected chi connectivity index (χ0v) is 11.8. The average molecular weight is 280 g/mol.